The first kappa shape index (κ1) is 15.9. The Morgan fingerprint density at radius 3 is 2.81 bits per heavy atom. The van der Waals surface area contributed by atoms with Gasteiger partial charge in [0.1, 0.15) is 4.21 Å². The van der Waals surface area contributed by atoms with Gasteiger partial charge in [0.2, 0.25) is 0 Å². The number of hydrogen-bond acceptors (Lipinski definition) is 4. The molecule has 0 fully saturated rings. The molecule has 0 amide bonds. The molecule has 1 heterocycles. The molecule has 1 aromatic heterocycles. The lowest BCUT2D eigenvalue weighted by Crippen LogP contribution is -2.11. The van der Waals surface area contributed by atoms with Gasteiger partial charge in [-0.2, -0.15) is 0 Å². The first-order chi connectivity index (χ1) is 10.0. The van der Waals surface area contributed by atoms with E-state index in [1.165, 1.54) is 6.07 Å². The minimum absolute atomic E-state index is 0.0154. The highest BCUT2D eigenvalue weighted by Crippen LogP contribution is 2.27. The molecule has 21 heavy (non-hydrogen) atoms. The number of rotatable bonds is 4. The zero-order valence-electron chi connectivity index (χ0n) is 10.8. The van der Waals surface area contributed by atoms with Crippen molar-refractivity contribution in [3.05, 3.63) is 46.3 Å². The van der Waals surface area contributed by atoms with E-state index in [-0.39, 0.29) is 16.5 Å². The van der Waals surface area contributed by atoms with Crippen molar-refractivity contribution in [1.82, 2.24) is 0 Å². The van der Waals surface area contributed by atoms with Gasteiger partial charge in [-0.3, -0.25) is 4.72 Å². The summed E-state index contributed by atoms with van der Waals surface area (Å²) in [6.07, 6.45) is 0.360. The average Bonchev–Trinajstić information content (AvgIpc) is 2.97. The average molecular weight is 342 g/mol. The maximum atomic E-state index is 12.2. The molecule has 0 radical (unpaired) electrons. The van der Waals surface area contributed by atoms with Crippen molar-refractivity contribution in [3.63, 3.8) is 0 Å². The second-order valence-electron chi connectivity index (χ2n) is 4.01. The first-order valence-corrected chi connectivity index (χ1v) is 8.72. The number of sulfonamides is 1. The van der Waals surface area contributed by atoms with Crippen LogP contribution in [0.15, 0.2) is 39.9 Å². The van der Waals surface area contributed by atoms with E-state index in [2.05, 4.69) is 16.6 Å². The lowest BCUT2D eigenvalue weighted by molar-refractivity contribution is 0.305. The van der Waals surface area contributed by atoms with Crippen LogP contribution in [0, 0.1) is 11.8 Å². The Kier molecular flexibility index (Phi) is 5.26. The number of anilines is 1. The van der Waals surface area contributed by atoms with E-state index in [0.29, 0.717) is 17.0 Å². The second kappa shape index (κ2) is 6.96. The van der Waals surface area contributed by atoms with Crippen LogP contribution in [-0.4, -0.2) is 20.1 Å². The normalized spacial score (nSPS) is 10.8. The molecule has 2 rings (SSSR count). The molecule has 0 unspecified atom stereocenters. The summed E-state index contributed by atoms with van der Waals surface area (Å²) < 4.78 is 27.0. The Balaban J connectivity index is 2.28. The van der Waals surface area contributed by atoms with Gasteiger partial charge in [0.25, 0.3) is 10.0 Å². The summed E-state index contributed by atoms with van der Waals surface area (Å²) in [7, 11) is -3.64. The molecular weight excluding hydrogens is 330 g/mol. The molecule has 1 aromatic carbocycles. The van der Waals surface area contributed by atoms with Crippen molar-refractivity contribution >= 4 is 38.6 Å². The number of halogens is 1. The van der Waals surface area contributed by atoms with Crippen LogP contribution in [0.3, 0.4) is 0 Å². The van der Waals surface area contributed by atoms with Crippen LogP contribution in [0.5, 0.6) is 0 Å². The Morgan fingerprint density at radius 1 is 1.33 bits per heavy atom. The van der Waals surface area contributed by atoms with Gasteiger partial charge in [-0.15, -0.1) is 11.3 Å². The first-order valence-electron chi connectivity index (χ1n) is 5.98. The van der Waals surface area contributed by atoms with E-state index in [1.54, 1.807) is 29.6 Å². The van der Waals surface area contributed by atoms with Crippen LogP contribution in [0.25, 0.3) is 0 Å². The van der Waals surface area contributed by atoms with Crippen LogP contribution >= 0.6 is 22.9 Å². The van der Waals surface area contributed by atoms with Crippen molar-refractivity contribution in [2.45, 2.75) is 10.6 Å². The predicted molar refractivity (Wildman–Crippen MR) is 85.2 cm³/mol. The molecule has 110 valence electrons. The van der Waals surface area contributed by atoms with Gasteiger partial charge in [0, 0.05) is 12.0 Å². The quantitative estimate of drug-likeness (QED) is 0.840. The van der Waals surface area contributed by atoms with Crippen molar-refractivity contribution < 1.29 is 13.5 Å². The number of hydrogen-bond donors (Lipinski definition) is 2. The second-order valence-corrected chi connectivity index (χ2v) is 7.27. The zero-order valence-corrected chi connectivity index (χ0v) is 13.2. The highest BCUT2D eigenvalue weighted by atomic mass is 35.5. The summed E-state index contributed by atoms with van der Waals surface area (Å²) in [5.74, 6) is 5.60. The van der Waals surface area contributed by atoms with Gasteiger partial charge in [-0.05, 0) is 29.6 Å². The summed E-state index contributed by atoms with van der Waals surface area (Å²) in [4.78, 5) is 0. The number of thiophene rings is 1. The Labute approximate surface area is 132 Å². The smallest absolute Gasteiger partial charge is 0.271 e. The van der Waals surface area contributed by atoms with E-state index >= 15 is 0 Å². The largest absolute Gasteiger partial charge is 0.395 e. The Bertz CT molecular complexity index is 774. The maximum absolute atomic E-state index is 12.2. The number of nitrogens with one attached hydrogen (secondary N) is 1. The molecule has 0 saturated carbocycles. The molecule has 2 aromatic rings. The van der Waals surface area contributed by atoms with Crippen LogP contribution in [0.2, 0.25) is 5.02 Å². The summed E-state index contributed by atoms with van der Waals surface area (Å²) in [6.45, 7) is -0.0154. The van der Waals surface area contributed by atoms with Crippen molar-refractivity contribution in [3.8, 4) is 11.8 Å². The fraction of sp³-hybridized carbons (Fsp3) is 0.143. The van der Waals surface area contributed by atoms with Crippen LogP contribution in [-0.2, 0) is 10.0 Å². The summed E-state index contributed by atoms with van der Waals surface area (Å²) in [6, 6.07) is 8.02. The van der Waals surface area contributed by atoms with E-state index < -0.39 is 10.0 Å². The Morgan fingerprint density at radius 2 is 2.14 bits per heavy atom. The van der Waals surface area contributed by atoms with Gasteiger partial charge < -0.3 is 5.11 Å². The molecule has 0 aliphatic rings. The lowest BCUT2D eigenvalue weighted by atomic mass is 10.2. The topological polar surface area (TPSA) is 66.4 Å². The zero-order chi connectivity index (χ0) is 15.3. The highest BCUT2D eigenvalue weighted by Gasteiger charge is 2.16. The maximum Gasteiger partial charge on any atom is 0.271 e. The van der Waals surface area contributed by atoms with Crippen molar-refractivity contribution in [2.24, 2.45) is 0 Å². The molecule has 0 atom stereocenters. The van der Waals surface area contributed by atoms with E-state index in [9.17, 15) is 8.42 Å². The Hall–Kier alpha value is -1.52. The number of aliphatic hydroxyl groups is 1. The summed E-state index contributed by atoms with van der Waals surface area (Å²) in [5, 5.41) is 10.7. The monoisotopic (exact) mass is 341 g/mol. The molecule has 0 bridgehead atoms. The van der Waals surface area contributed by atoms with Crippen molar-refractivity contribution in [2.75, 3.05) is 11.3 Å². The van der Waals surface area contributed by atoms with Gasteiger partial charge in [-0.25, -0.2) is 8.42 Å². The van der Waals surface area contributed by atoms with Gasteiger partial charge in [-0.1, -0.05) is 29.5 Å². The van der Waals surface area contributed by atoms with E-state index in [4.69, 9.17) is 16.7 Å². The molecule has 0 aliphatic carbocycles. The third-order valence-corrected chi connectivity index (χ3v) is 5.53. The summed E-state index contributed by atoms with van der Waals surface area (Å²) >= 11 is 7.14. The third-order valence-electron chi connectivity index (χ3n) is 2.44. The van der Waals surface area contributed by atoms with Gasteiger partial charge in [0.15, 0.2) is 0 Å². The van der Waals surface area contributed by atoms with Gasteiger partial charge in [0.05, 0.1) is 17.3 Å². The standard InChI is InChI=1S/C14H12ClNO3S2/c15-12-7-6-11(4-1-2-8-17)10-13(12)16-21(18,19)14-5-3-9-20-14/h3,5-7,9-10,16-17H,2,8H2. The molecule has 0 spiro atoms. The number of benzene rings is 1. The SMILES string of the molecule is O=S(=O)(Nc1cc(C#CCCO)ccc1Cl)c1cccs1. The number of aliphatic hydroxyl groups excluding tert-OH is 1. The molecule has 4 nitrogen and oxygen atoms in total. The highest BCUT2D eigenvalue weighted by molar-refractivity contribution is 7.94. The lowest BCUT2D eigenvalue weighted by Gasteiger charge is -2.08. The minimum atomic E-state index is -3.64. The van der Waals surface area contributed by atoms with Gasteiger partial charge >= 0.3 is 0 Å². The third kappa shape index (κ3) is 4.22. The van der Waals surface area contributed by atoms with E-state index in [1.807, 2.05) is 0 Å². The minimum Gasteiger partial charge on any atom is -0.395 e. The molecule has 0 aliphatic heterocycles. The fourth-order valence-electron chi connectivity index (χ4n) is 1.51. The summed E-state index contributed by atoms with van der Waals surface area (Å²) in [5.41, 5.74) is 0.901. The predicted octanol–water partition coefficient (Wildman–Crippen LogP) is 2.94. The molecule has 7 heteroatoms. The fourth-order valence-corrected chi connectivity index (χ4v) is 3.80. The van der Waals surface area contributed by atoms with Crippen LogP contribution in [0.1, 0.15) is 12.0 Å². The molecule has 0 saturated heterocycles. The van der Waals surface area contributed by atoms with Crippen LogP contribution in [0.4, 0.5) is 5.69 Å². The van der Waals surface area contributed by atoms with Crippen LogP contribution < -0.4 is 4.72 Å². The van der Waals surface area contributed by atoms with Crippen molar-refractivity contribution in [1.29, 1.82) is 0 Å². The molecule has 2 N–H and O–H groups in total. The molecular formula is C14H12ClNO3S2. The van der Waals surface area contributed by atoms with E-state index in [0.717, 1.165) is 11.3 Å².